The lowest BCUT2D eigenvalue weighted by atomic mass is 10.2. The van der Waals surface area contributed by atoms with Crippen LogP contribution in [0.1, 0.15) is 5.56 Å². The van der Waals surface area contributed by atoms with Crippen molar-refractivity contribution in [3.8, 4) is 0 Å². The first-order valence-corrected chi connectivity index (χ1v) is 7.11. The van der Waals surface area contributed by atoms with Crippen LogP contribution in [0.4, 0.5) is 17.1 Å². The van der Waals surface area contributed by atoms with Crippen molar-refractivity contribution in [3.05, 3.63) is 48.0 Å². The van der Waals surface area contributed by atoms with Gasteiger partial charge in [0.05, 0.1) is 16.3 Å². The van der Waals surface area contributed by atoms with Crippen LogP contribution in [0, 0.1) is 6.92 Å². The molecule has 0 unspecified atom stereocenters. The Labute approximate surface area is 112 Å². The minimum absolute atomic E-state index is 0.189. The first kappa shape index (κ1) is 13.2. The molecule has 19 heavy (non-hydrogen) atoms. The van der Waals surface area contributed by atoms with E-state index in [0.717, 1.165) is 5.56 Å². The van der Waals surface area contributed by atoms with E-state index in [2.05, 4.69) is 4.72 Å². The number of hydrogen-bond acceptors (Lipinski definition) is 4. The van der Waals surface area contributed by atoms with Gasteiger partial charge in [0.15, 0.2) is 0 Å². The van der Waals surface area contributed by atoms with Gasteiger partial charge in [0.25, 0.3) is 10.0 Å². The molecule has 100 valence electrons. The highest BCUT2D eigenvalue weighted by Gasteiger charge is 2.15. The first-order chi connectivity index (χ1) is 8.88. The molecule has 2 aromatic rings. The Balaban J connectivity index is 2.33. The SMILES string of the molecule is Cc1ccc(S(=O)(=O)Nc2ccc(N)cc2N)cc1. The summed E-state index contributed by atoms with van der Waals surface area (Å²) in [6, 6.07) is 11.2. The van der Waals surface area contributed by atoms with Crippen molar-refractivity contribution in [1.29, 1.82) is 0 Å². The van der Waals surface area contributed by atoms with Crippen LogP contribution in [0.5, 0.6) is 0 Å². The maximum absolute atomic E-state index is 12.2. The number of hydrogen-bond donors (Lipinski definition) is 3. The van der Waals surface area contributed by atoms with Crippen molar-refractivity contribution < 1.29 is 8.42 Å². The predicted molar refractivity (Wildman–Crippen MR) is 77.3 cm³/mol. The van der Waals surface area contributed by atoms with Gasteiger partial charge in [0.2, 0.25) is 0 Å². The zero-order valence-corrected chi connectivity index (χ0v) is 11.2. The molecule has 0 radical (unpaired) electrons. The average Bonchev–Trinajstić information content (AvgIpc) is 2.33. The topological polar surface area (TPSA) is 98.2 Å². The number of sulfonamides is 1. The van der Waals surface area contributed by atoms with Gasteiger partial charge in [-0.05, 0) is 37.3 Å². The third-order valence-corrected chi connectivity index (χ3v) is 4.03. The summed E-state index contributed by atoms with van der Waals surface area (Å²) >= 11 is 0. The quantitative estimate of drug-likeness (QED) is 0.747. The molecule has 0 heterocycles. The number of aryl methyl sites for hydroxylation is 1. The molecule has 0 fully saturated rings. The standard InChI is InChI=1S/C13H15N3O2S/c1-9-2-5-11(6-3-9)19(17,18)16-13-7-4-10(14)8-12(13)15/h2-8,16H,14-15H2,1H3. The summed E-state index contributed by atoms with van der Waals surface area (Å²) in [5, 5.41) is 0. The van der Waals surface area contributed by atoms with Crippen molar-refractivity contribution in [1.82, 2.24) is 0 Å². The Morgan fingerprint density at radius 3 is 2.21 bits per heavy atom. The zero-order valence-electron chi connectivity index (χ0n) is 10.4. The fraction of sp³-hybridized carbons (Fsp3) is 0.0769. The van der Waals surface area contributed by atoms with E-state index in [-0.39, 0.29) is 10.6 Å². The van der Waals surface area contributed by atoms with Gasteiger partial charge in [-0.2, -0.15) is 0 Å². The van der Waals surface area contributed by atoms with Gasteiger partial charge in [0, 0.05) is 5.69 Å². The van der Waals surface area contributed by atoms with Gasteiger partial charge in [0.1, 0.15) is 0 Å². The van der Waals surface area contributed by atoms with E-state index in [1.807, 2.05) is 6.92 Å². The number of anilines is 3. The van der Waals surface area contributed by atoms with Crippen LogP contribution >= 0.6 is 0 Å². The summed E-state index contributed by atoms with van der Waals surface area (Å²) in [4.78, 5) is 0.189. The summed E-state index contributed by atoms with van der Waals surface area (Å²) in [5.41, 5.74) is 13.4. The molecule has 0 aromatic heterocycles. The number of nitrogens with one attached hydrogen (secondary N) is 1. The van der Waals surface area contributed by atoms with Crippen molar-refractivity contribution in [2.45, 2.75) is 11.8 Å². The van der Waals surface area contributed by atoms with Crippen LogP contribution in [0.25, 0.3) is 0 Å². The van der Waals surface area contributed by atoms with Crippen molar-refractivity contribution >= 4 is 27.1 Å². The molecule has 6 heteroatoms. The van der Waals surface area contributed by atoms with Crippen LogP contribution in [-0.4, -0.2) is 8.42 Å². The van der Waals surface area contributed by atoms with Crippen LogP contribution in [-0.2, 0) is 10.0 Å². The highest BCUT2D eigenvalue weighted by molar-refractivity contribution is 7.92. The third-order valence-electron chi connectivity index (χ3n) is 2.65. The van der Waals surface area contributed by atoms with E-state index >= 15 is 0 Å². The van der Waals surface area contributed by atoms with Gasteiger partial charge >= 0.3 is 0 Å². The molecule has 0 bridgehead atoms. The fourth-order valence-corrected chi connectivity index (χ4v) is 2.68. The Morgan fingerprint density at radius 1 is 1.00 bits per heavy atom. The van der Waals surface area contributed by atoms with Gasteiger partial charge in [-0.15, -0.1) is 0 Å². The summed E-state index contributed by atoms with van der Waals surface area (Å²) in [6.07, 6.45) is 0. The monoisotopic (exact) mass is 277 g/mol. The zero-order chi connectivity index (χ0) is 14.0. The lowest BCUT2D eigenvalue weighted by Crippen LogP contribution is -2.14. The lowest BCUT2D eigenvalue weighted by Gasteiger charge is -2.11. The molecule has 0 saturated heterocycles. The summed E-state index contributed by atoms with van der Waals surface area (Å²) in [5.74, 6) is 0. The summed E-state index contributed by atoms with van der Waals surface area (Å²) < 4.78 is 26.7. The van der Waals surface area contributed by atoms with E-state index in [9.17, 15) is 8.42 Å². The second-order valence-electron chi connectivity index (χ2n) is 4.27. The minimum Gasteiger partial charge on any atom is -0.399 e. The Hall–Kier alpha value is -2.21. The van der Waals surface area contributed by atoms with Crippen molar-refractivity contribution in [2.75, 3.05) is 16.2 Å². The van der Waals surface area contributed by atoms with Crippen LogP contribution in [0.15, 0.2) is 47.4 Å². The second kappa shape index (κ2) is 4.81. The summed E-state index contributed by atoms with van der Waals surface area (Å²) in [6.45, 7) is 1.89. The molecule has 0 saturated carbocycles. The molecule has 2 rings (SSSR count). The number of rotatable bonds is 3. The highest BCUT2D eigenvalue weighted by Crippen LogP contribution is 2.24. The van der Waals surface area contributed by atoms with Crippen molar-refractivity contribution in [2.24, 2.45) is 0 Å². The summed E-state index contributed by atoms with van der Waals surface area (Å²) in [7, 11) is -3.64. The van der Waals surface area contributed by atoms with Crippen LogP contribution in [0.2, 0.25) is 0 Å². The van der Waals surface area contributed by atoms with Crippen molar-refractivity contribution in [3.63, 3.8) is 0 Å². The molecular formula is C13H15N3O2S. The van der Waals surface area contributed by atoms with Gasteiger partial charge in [-0.1, -0.05) is 17.7 Å². The molecule has 0 aliphatic heterocycles. The van der Waals surface area contributed by atoms with Gasteiger partial charge < -0.3 is 11.5 Å². The average molecular weight is 277 g/mol. The molecule has 0 spiro atoms. The highest BCUT2D eigenvalue weighted by atomic mass is 32.2. The molecule has 0 atom stereocenters. The van der Waals surface area contributed by atoms with E-state index in [1.54, 1.807) is 30.3 Å². The molecular weight excluding hydrogens is 262 g/mol. The number of benzene rings is 2. The molecule has 5 nitrogen and oxygen atoms in total. The first-order valence-electron chi connectivity index (χ1n) is 5.63. The Bertz CT molecular complexity index is 694. The van der Waals surface area contributed by atoms with Crippen LogP contribution in [0.3, 0.4) is 0 Å². The molecule has 2 aromatic carbocycles. The third kappa shape index (κ3) is 2.97. The number of nitrogen functional groups attached to an aromatic ring is 2. The maximum Gasteiger partial charge on any atom is 0.261 e. The Morgan fingerprint density at radius 2 is 1.63 bits per heavy atom. The van der Waals surface area contributed by atoms with E-state index in [0.29, 0.717) is 11.4 Å². The predicted octanol–water partition coefficient (Wildman–Crippen LogP) is 1.96. The van der Waals surface area contributed by atoms with E-state index in [1.165, 1.54) is 12.1 Å². The van der Waals surface area contributed by atoms with Gasteiger partial charge in [-0.3, -0.25) is 4.72 Å². The molecule has 0 aliphatic rings. The minimum atomic E-state index is -3.64. The smallest absolute Gasteiger partial charge is 0.261 e. The fourth-order valence-electron chi connectivity index (χ4n) is 1.60. The van der Waals surface area contributed by atoms with E-state index in [4.69, 9.17) is 11.5 Å². The molecule has 5 N–H and O–H groups in total. The lowest BCUT2D eigenvalue weighted by molar-refractivity contribution is 0.601. The maximum atomic E-state index is 12.2. The van der Waals surface area contributed by atoms with E-state index < -0.39 is 10.0 Å². The largest absolute Gasteiger partial charge is 0.399 e. The second-order valence-corrected chi connectivity index (χ2v) is 5.95. The Kier molecular flexibility index (Phi) is 3.35. The van der Waals surface area contributed by atoms with Crippen LogP contribution < -0.4 is 16.2 Å². The molecule has 0 aliphatic carbocycles. The number of nitrogens with two attached hydrogens (primary N) is 2. The molecule has 0 amide bonds. The normalized spacial score (nSPS) is 11.2. The van der Waals surface area contributed by atoms with Gasteiger partial charge in [-0.25, -0.2) is 8.42 Å².